The SMILES string of the molecule is CCCCC.CCOC=O.COC(=O)C(CSC1CCNc2ccc(OC)cc21)NC(C)=O.[HH].[HH]. The van der Waals surface area contributed by atoms with Gasteiger partial charge in [0.1, 0.15) is 11.8 Å². The fraction of sp³-hybridized carbons (Fsp3) is 0.625. The number of fused-ring (bicyclic) bond motifs is 1. The van der Waals surface area contributed by atoms with Crippen molar-refractivity contribution in [2.45, 2.75) is 64.7 Å². The Morgan fingerprint density at radius 1 is 1.27 bits per heavy atom. The van der Waals surface area contributed by atoms with Crippen LogP contribution < -0.4 is 15.4 Å². The molecule has 8 nitrogen and oxygen atoms in total. The molecule has 1 aromatic rings. The number of thioether (sulfide) groups is 1. The molecule has 2 N–H and O–H groups in total. The number of hydrogen-bond donors (Lipinski definition) is 2. The second kappa shape index (κ2) is 19.1. The summed E-state index contributed by atoms with van der Waals surface area (Å²) in [6.07, 6.45) is 5.02. The number of nitrogens with one attached hydrogen (secondary N) is 2. The van der Waals surface area contributed by atoms with Crippen LogP contribution in [0.4, 0.5) is 5.69 Å². The summed E-state index contributed by atoms with van der Waals surface area (Å²) in [6, 6.07) is 5.32. The molecule has 0 spiro atoms. The molecule has 1 aromatic carbocycles. The van der Waals surface area contributed by atoms with Gasteiger partial charge in [-0.2, -0.15) is 11.8 Å². The van der Waals surface area contributed by atoms with E-state index in [9.17, 15) is 14.4 Å². The molecule has 0 saturated carbocycles. The summed E-state index contributed by atoms with van der Waals surface area (Å²) >= 11 is 1.64. The molecule has 0 saturated heterocycles. The highest BCUT2D eigenvalue weighted by molar-refractivity contribution is 7.99. The minimum absolute atomic E-state index is 0. The van der Waals surface area contributed by atoms with Crippen LogP contribution >= 0.6 is 11.8 Å². The molecule has 33 heavy (non-hydrogen) atoms. The Kier molecular flexibility index (Phi) is 17.7. The van der Waals surface area contributed by atoms with Gasteiger partial charge in [0, 0.05) is 33.0 Å². The lowest BCUT2D eigenvalue weighted by atomic mass is 10.0. The molecular formula is C24H44N2O6S. The van der Waals surface area contributed by atoms with E-state index in [4.69, 9.17) is 9.47 Å². The number of carbonyl (C=O) groups excluding carboxylic acids is 3. The van der Waals surface area contributed by atoms with Gasteiger partial charge < -0.3 is 24.8 Å². The first-order valence-electron chi connectivity index (χ1n) is 11.3. The normalized spacial score (nSPS) is 14.4. The predicted octanol–water partition coefficient (Wildman–Crippen LogP) is 4.83. The third kappa shape index (κ3) is 13.0. The monoisotopic (exact) mass is 488 g/mol. The van der Waals surface area contributed by atoms with E-state index >= 15 is 0 Å². The molecular weight excluding hydrogens is 444 g/mol. The number of amides is 1. The zero-order valence-electron chi connectivity index (χ0n) is 20.8. The van der Waals surface area contributed by atoms with E-state index in [-0.39, 0.29) is 14.0 Å². The molecule has 1 amide bonds. The minimum Gasteiger partial charge on any atom is -0.497 e. The number of anilines is 1. The fourth-order valence-electron chi connectivity index (χ4n) is 2.95. The molecule has 0 radical (unpaired) electrons. The number of esters is 1. The van der Waals surface area contributed by atoms with Gasteiger partial charge in [-0.25, -0.2) is 4.79 Å². The number of hydrogen-bond acceptors (Lipinski definition) is 8. The van der Waals surface area contributed by atoms with Crippen LogP contribution in [0.5, 0.6) is 5.75 Å². The average molecular weight is 489 g/mol. The third-order valence-corrected chi connectivity index (χ3v) is 6.01. The van der Waals surface area contributed by atoms with Gasteiger partial charge in [0.25, 0.3) is 6.47 Å². The maximum Gasteiger partial charge on any atom is 0.329 e. The first-order valence-corrected chi connectivity index (χ1v) is 12.4. The average Bonchev–Trinajstić information content (AvgIpc) is 2.82. The fourth-order valence-corrected chi connectivity index (χ4v) is 4.26. The molecule has 2 rings (SSSR count). The summed E-state index contributed by atoms with van der Waals surface area (Å²) in [5, 5.41) is 6.25. The first kappa shape index (κ1) is 30.6. The summed E-state index contributed by atoms with van der Waals surface area (Å²) in [4.78, 5) is 32.2. The van der Waals surface area contributed by atoms with Gasteiger partial charge in [-0.1, -0.05) is 33.1 Å². The second-order valence-corrected chi connectivity index (χ2v) is 8.41. The Morgan fingerprint density at radius 3 is 2.42 bits per heavy atom. The first-order chi connectivity index (χ1) is 15.9. The summed E-state index contributed by atoms with van der Waals surface area (Å²) in [7, 11) is 2.97. The number of rotatable bonds is 10. The van der Waals surface area contributed by atoms with Gasteiger partial charge in [0.15, 0.2) is 0 Å². The van der Waals surface area contributed by atoms with E-state index in [1.165, 1.54) is 33.3 Å². The Hall–Kier alpha value is -2.42. The molecule has 1 aliphatic heterocycles. The van der Waals surface area contributed by atoms with Crippen molar-refractivity contribution in [1.29, 1.82) is 0 Å². The van der Waals surface area contributed by atoms with Crippen molar-refractivity contribution in [3.05, 3.63) is 23.8 Å². The standard InChI is InChI=1S/C16H22N2O4S.C5H12.C3H6O2.2H2/c1-10(19)18-14(16(20)22-3)9-23-15-6-7-17-13-5-4-11(21-2)8-12(13)15;1-3-5-4-2;1-2-5-3-4;;/h4-5,8,14-15,17H,6-7,9H2,1-3H3,(H,18,19);3-5H2,1-2H3;3H,2H2,1H3;2*1H. The molecule has 1 heterocycles. The molecule has 1 aliphatic rings. The van der Waals surface area contributed by atoms with Crippen molar-refractivity contribution >= 4 is 35.8 Å². The quantitative estimate of drug-likeness (QED) is 0.357. The van der Waals surface area contributed by atoms with Crippen LogP contribution in [0.3, 0.4) is 0 Å². The highest BCUT2D eigenvalue weighted by atomic mass is 32.2. The lowest BCUT2D eigenvalue weighted by Crippen LogP contribution is -2.42. The van der Waals surface area contributed by atoms with Gasteiger partial charge in [-0.3, -0.25) is 9.59 Å². The number of carbonyl (C=O) groups is 3. The lowest BCUT2D eigenvalue weighted by Gasteiger charge is -2.28. The van der Waals surface area contributed by atoms with Crippen molar-refractivity contribution in [2.24, 2.45) is 0 Å². The molecule has 0 fully saturated rings. The molecule has 2 atom stereocenters. The summed E-state index contributed by atoms with van der Waals surface area (Å²) in [5.41, 5.74) is 2.25. The summed E-state index contributed by atoms with van der Waals surface area (Å²) < 4.78 is 14.2. The molecule has 9 heteroatoms. The molecule has 0 aliphatic carbocycles. The molecule has 0 bridgehead atoms. The van der Waals surface area contributed by atoms with E-state index in [2.05, 4.69) is 29.2 Å². The maximum absolute atomic E-state index is 11.8. The zero-order chi connectivity index (χ0) is 25.1. The van der Waals surface area contributed by atoms with E-state index < -0.39 is 12.0 Å². The van der Waals surface area contributed by atoms with Crippen molar-refractivity contribution in [3.8, 4) is 5.75 Å². The van der Waals surface area contributed by atoms with Gasteiger partial charge >= 0.3 is 5.97 Å². The van der Waals surface area contributed by atoms with E-state index in [0.29, 0.717) is 18.8 Å². The van der Waals surface area contributed by atoms with Crippen LogP contribution in [0.1, 0.15) is 67.0 Å². The number of methoxy groups -OCH3 is 2. The van der Waals surface area contributed by atoms with E-state index in [0.717, 1.165) is 30.0 Å². The van der Waals surface area contributed by atoms with Crippen LogP contribution in [0.25, 0.3) is 0 Å². The van der Waals surface area contributed by atoms with Gasteiger partial charge in [0.2, 0.25) is 5.91 Å². The van der Waals surface area contributed by atoms with E-state index in [1.807, 2.05) is 18.2 Å². The van der Waals surface area contributed by atoms with Crippen LogP contribution in [0.2, 0.25) is 0 Å². The number of unbranched alkanes of at least 4 members (excludes halogenated alkanes) is 2. The molecule has 0 aromatic heterocycles. The van der Waals surface area contributed by atoms with Crippen LogP contribution in [0.15, 0.2) is 18.2 Å². The molecule has 2 unspecified atom stereocenters. The van der Waals surface area contributed by atoms with Crippen molar-refractivity contribution in [2.75, 3.05) is 38.4 Å². The predicted molar refractivity (Wildman–Crippen MR) is 138 cm³/mol. The van der Waals surface area contributed by atoms with Gasteiger partial charge in [-0.05, 0) is 37.1 Å². The smallest absolute Gasteiger partial charge is 0.329 e. The van der Waals surface area contributed by atoms with Gasteiger partial charge in [0.05, 0.1) is 20.8 Å². The number of benzene rings is 1. The highest BCUT2D eigenvalue weighted by Crippen LogP contribution is 2.41. The topological polar surface area (TPSA) is 103 Å². The number of ether oxygens (including phenoxy) is 3. The summed E-state index contributed by atoms with van der Waals surface area (Å²) in [5.74, 6) is 0.610. The van der Waals surface area contributed by atoms with Crippen LogP contribution in [-0.2, 0) is 23.9 Å². The van der Waals surface area contributed by atoms with Gasteiger partial charge in [-0.15, -0.1) is 0 Å². The van der Waals surface area contributed by atoms with Crippen molar-refractivity contribution < 1.29 is 31.4 Å². The van der Waals surface area contributed by atoms with Crippen molar-refractivity contribution in [1.82, 2.24) is 5.32 Å². The lowest BCUT2D eigenvalue weighted by molar-refractivity contribution is -0.144. The van der Waals surface area contributed by atoms with E-state index in [1.54, 1.807) is 25.8 Å². The van der Waals surface area contributed by atoms with Crippen LogP contribution in [-0.4, -0.2) is 57.5 Å². The maximum atomic E-state index is 11.8. The minimum atomic E-state index is -0.633. The molecule has 192 valence electrons. The zero-order valence-corrected chi connectivity index (χ0v) is 21.6. The Morgan fingerprint density at radius 2 is 1.97 bits per heavy atom. The Balaban J connectivity index is -0.000000725. The van der Waals surface area contributed by atoms with Crippen LogP contribution in [0, 0.1) is 0 Å². The summed E-state index contributed by atoms with van der Waals surface area (Å²) in [6.45, 7) is 9.36. The third-order valence-electron chi connectivity index (χ3n) is 4.60. The van der Waals surface area contributed by atoms with Crippen molar-refractivity contribution in [3.63, 3.8) is 0 Å². The largest absolute Gasteiger partial charge is 0.497 e. The highest BCUT2D eigenvalue weighted by Gasteiger charge is 2.26. The Labute approximate surface area is 205 Å². The Bertz CT molecular complexity index is 711. The second-order valence-electron chi connectivity index (χ2n) is 7.17.